The third-order valence-corrected chi connectivity index (χ3v) is 4.28. The van der Waals surface area contributed by atoms with E-state index in [0.717, 1.165) is 18.4 Å². The van der Waals surface area contributed by atoms with Crippen molar-refractivity contribution in [2.45, 2.75) is 25.6 Å². The number of carboxylic acid groups (broad SMARTS) is 1. The number of carboxylic acids is 1. The molecule has 1 aliphatic heterocycles. The molecule has 3 rings (SSSR count). The van der Waals surface area contributed by atoms with Crippen molar-refractivity contribution in [3.05, 3.63) is 65.5 Å². The number of amides is 1. The van der Waals surface area contributed by atoms with E-state index in [9.17, 15) is 9.59 Å². The Morgan fingerprint density at radius 1 is 1.16 bits per heavy atom. The Morgan fingerprint density at radius 3 is 2.56 bits per heavy atom. The summed E-state index contributed by atoms with van der Waals surface area (Å²) in [5, 5.41) is 8.99. The molecule has 25 heavy (non-hydrogen) atoms. The van der Waals surface area contributed by atoms with Crippen LogP contribution in [0.1, 0.15) is 39.3 Å². The Kier molecular flexibility index (Phi) is 5.40. The molecule has 1 aromatic heterocycles. The van der Waals surface area contributed by atoms with Gasteiger partial charge in [-0.1, -0.05) is 30.3 Å². The summed E-state index contributed by atoms with van der Waals surface area (Å²) in [7, 11) is 0. The van der Waals surface area contributed by atoms with Crippen molar-refractivity contribution >= 4 is 11.9 Å². The van der Waals surface area contributed by atoms with E-state index >= 15 is 0 Å². The maximum Gasteiger partial charge on any atom is 0.354 e. The summed E-state index contributed by atoms with van der Waals surface area (Å²) >= 11 is 0. The fourth-order valence-electron chi connectivity index (χ4n) is 2.88. The number of aromatic carboxylic acids is 1. The first-order valence-electron chi connectivity index (χ1n) is 8.27. The van der Waals surface area contributed by atoms with Crippen LogP contribution in [0.2, 0.25) is 0 Å². The maximum absolute atomic E-state index is 12.5. The molecule has 0 radical (unpaired) electrons. The predicted octanol–water partition coefficient (Wildman–Crippen LogP) is 2.60. The highest BCUT2D eigenvalue weighted by Gasteiger charge is 2.24. The summed E-state index contributed by atoms with van der Waals surface area (Å²) < 4.78 is 5.93. The highest BCUT2D eigenvalue weighted by Crippen LogP contribution is 2.18. The highest BCUT2D eigenvalue weighted by molar-refractivity contribution is 5.96. The minimum atomic E-state index is -1.14. The number of ether oxygens (including phenoxy) is 1. The molecule has 1 N–H and O–H groups in total. The molecule has 0 bridgehead atoms. The lowest BCUT2D eigenvalue weighted by Crippen LogP contribution is -2.40. The van der Waals surface area contributed by atoms with Gasteiger partial charge < -0.3 is 14.7 Å². The van der Waals surface area contributed by atoms with Gasteiger partial charge in [0.1, 0.15) is 5.69 Å². The molecule has 2 aromatic rings. The second-order valence-electron chi connectivity index (χ2n) is 6.02. The second-order valence-corrected chi connectivity index (χ2v) is 6.02. The molecule has 1 saturated heterocycles. The number of carbonyl (C=O) groups excluding carboxylic acids is 1. The van der Waals surface area contributed by atoms with Crippen LogP contribution in [0.4, 0.5) is 0 Å². The zero-order chi connectivity index (χ0) is 17.6. The Labute approximate surface area is 146 Å². The van der Waals surface area contributed by atoms with Crippen LogP contribution in [-0.4, -0.2) is 46.1 Å². The van der Waals surface area contributed by atoms with Crippen LogP contribution >= 0.6 is 0 Å². The zero-order valence-corrected chi connectivity index (χ0v) is 13.8. The Balaban J connectivity index is 1.52. The van der Waals surface area contributed by atoms with E-state index in [1.54, 1.807) is 11.0 Å². The quantitative estimate of drug-likeness (QED) is 0.905. The standard InChI is InChI=1S/C19H20N2O4/c22-18(15-6-9-20-17(12-15)19(23)24)21-10-7-16(8-11-21)25-13-14-4-2-1-3-5-14/h1-6,9,12,16H,7-8,10-11,13H2,(H,23,24). The highest BCUT2D eigenvalue weighted by atomic mass is 16.5. The van der Waals surface area contributed by atoms with Gasteiger partial charge in [0, 0.05) is 24.8 Å². The summed E-state index contributed by atoms with van der Waals surface area (Å²) in [6, 6.07) is 12.9. The van der Waals surface area contributed by atoms with Gasteiger partial charge in [0.2, 0.25) is 0 Å². The number of piperidine rings is 1. The molecule has 0 aliphatic carbocycles. The minimum absolute atomic E-state index is 0.119. The van der Waals surface area contributed by atoms with Crippen molar-refractivity contribution in [1.82, 2.24) is 9.88 Å². The van der Waals surface area contributed by atoms with E-state index in [-0.39, 0.29) is 17.7 Å². The van der Waals surface area contributed by atoms with Crippen LogP contribution in [0.15, 0.2) is 48.7 Å². The summed E-state index contributed by atoms with van der Waals surface area (Å²) in [6.45, 7) is 1.78. The average Bonchev–Trinajstić information content (AvgIpc) is 2.67. The molecule has 130 valence electrons. The topological polar surface area (TPSA) is 79.7 Å². The average molecular weight is 340 g/mol. The normalized spacial score (nSPS) is 15.1. The van der Waals surface area contributed by atoms with Gasteiger partial charge in [-0.3, -0.25) is 4.79 Å². The van der Waals surface area contributed by atoms with Crippen LogP contribution < -0.4 is 0 Å². The molecule has 1 aromatic carbocycles. The molecular weight excluding hydrogens is 320 g/mol. The van der Waals surface area contributed by atoms with Gasteiger partial charge in [0.05, 0.1) is 12.7 Å². The summed E-state index contributed by atoms with van der Waals surface area (Å²) in [6.07, 6.45) is 3.04. The smallest absolute Gasteiger partial charge is 0.354 e. The molecule has 2 heterocycles. The van der Waals surface area contributed by atoms with E-state index in [4.69, 9.17) is 9.84 Å². The van der Waals surface area contributed by atoms with Crippen LogP contribution in [-0.2, 0) is 11.3 Å². The molecular formula is C19H20N2O4. The van der Waals surface area contributed by atoms with E-state index in [1.807, 2.05) is 30.3 Å². The van der Waals surface area contributed by atoms with Gasteiger partial charge in [0.25, 0.3) is 5.91 Å². The molecule has 1 amide bonds. The summed E-state index contributed by atoms with van der Waals surface area (Å²) in [5.74, 6) is -1.30. The third kappa shape index (κ3) is 4.42. The maximum atomic E-state index is 12.5. The number of hydrogen-bond donors (Lipinski definition) is 1. The van der Waals surface area contributed by atoms with Gasteiger partial charge in [-0.15, -0.1) is 0 Å². The molecule has 0 spiro atoms. The van der Waals surface area contributed by atoms with Crippen molar-refractivity contribution in [3.63, 3.8) is 0 Å². The SMILES string of the molecule is O=C(O)c1cc(C(=O)N2CCC(OCc3ccccc3)CC2)ccn1. The number of aromatic nitrogens is 1. The number of carbonyl (C=O) groups is 2. The van der Waals surface area contributed by atoms with Gasteiger partial charge in [0.15, 0.2) is 0 Å². The van der Waals surface area contributed by atoms with Gasteiger partial charge in [-0.05, 0) is 30.5 Å². The first-order chi connectivity index (χ1) is 12.1. The van der Waals surface area contributed by atoms with Crippen LogP contribution in [0.3, 0.4) is 0 Å². The third-order valence-electron chi connectivity index (χ3n) is 4.28. The van der Waals surface area contributed by atoms with E-state index < -0.39 is 5.97 Å². The van der Waals surface area contributed by atoms with E-state index in [0.29, 0.717) is 25.3 Å². The number of likely N-dealkylation sites (tertiary alicyclic amines) is 1. The first kappa shape index (κ1) is 17.1. The fourth-order valence-corrected chi connectivity index (χ4v) is 2.88. The molecule has 6 nitrogen and oxygen atoms in total. The number of pyridine rings is 1. The van der Waals surface area contributed by atoms with Crippen LogP contribution in [0.5, 0.6) is 0 Å². The summed E-state index contributed by atoms with van der Waals surface area (Å²) in [5.41, 5.74) is 1.38. The zero-order valence-electron chi connectivity index (χ0n) is 13.8. The van der Waals surface area contributed by atoms with Gasteiger partial charge >= 0.3 is 5.97 Å². The minimum Gasteiger partial charge on any atom is -0.477 e. The lowest BCUT2D eigenvalue weighted by atomic mass is 10.1. The lowest BCUT2D eigenvalue weighted by Gasteiger charge is -2.32. The number of rotatable bonds is 5. The number of hydrogen-bond acceptors (Lipinski definition) is 4. The van der Waals surface area contributed by atoms with Crippen LogP contribution in [0.25, 0.3) is 0 Å². The molecule has 1 fully saturated rings. The summed E-state index contributed by atoms with van der Waals surface area (Å²) in [4.78, 5) is 29.0. The Hall–Kier alpha value is -2.73. The Morgan fingerprint density at radius 2 is 1.88 bits per heavy atom. The lowest BCUT2D eigenvalue weighted by molar-refractivity contribution is -0.000382. The monoisotopic (exact) mass is 340 g/mol. The van der Waals surface area contributed by atoms with Crippen molar-refractivity contribution in [1.29, 1.82) is 0 Å². The number of benzene rings is 1. The molecule has 6 heteroatoms. The predicted molar refractivity (Wildman–Crippen MR) is 91.4 cm³/mol. The van der Waals surface area contributed by atoms with Crippen molar-refractivity contribution in [3.8, 4) is 0 Å². The second kappa shape index (κ2) is 7.90. The van der Waals surface area contributed by atoms with Crippen molar-refractivity contribution in [2.24, 2.45) is 0 Å². The van der Waals surface area contributed by atoms with Crippen molar-refractivity contribution in [2.75, 3.05) is 13.1 Å². The van der Waals surface area contributed by atoms with Crippen LogP contribution in [0, 0.1) is 0 Å². The largest absolute Gasteiger partial charge is 0.477 e. The van der Waals surface area contributed by atoms with Gasteiger partial charge in [-0.25, -0.2) is 9.78 Å². The first-order valence-corrected chi connectivity index (χ1v) is 8.27. The number of nitrogens with zero attached hydrogens (tertiary/aromatic N) is 2. The van der Waals surface area contributed by atoms with E-state index in [2.05, 4.69) is 4.98 Å². The molecule has 0 unspecified atom stereocenters. The van der Waals surface area contributed by atoms with Gasteiger partial charge in [-0.2, -0.15) is 0 Å². The molecule has 0 atom stereocenters. The fraction of sp³-hybridized carbons (Fsp3) is 0.316. The molecule has 0 saturated carbocycles. The Bertz CT molecular complexity index is 740. The van der Waals surface area contributed by atoms with Crippen molar-refractivity contribution < 1.29 is 19.4 Å². The van der Waals surface area contributed by atoms with E-state index in [1.165, 1.54) is 12.3 Å². The molecule has 1 aliphatic rings.